The third kappa shape index (κ3) is 10.5. The Balaban J connectivity index is 4.01. The Hall–Kier alpha value is -0.820. The third-order valence-electron chi connectivity index (χ3n) is 3.20. The van der Waals surface area contributed by atoms with Crippen LogP contribution in [0.2, 0.25) is 0 Å². The summed E-state index contributed by atoms with van der Waals surface area (Å²) in [4.78, 5) is 6.54. The molecule has 0 aromatic heterocycles. The molecule has 6 nitrogen and oxygen atoms in total. The lowest BCUT2D eigenvalue weighted by Crippen LogP contribution is -2.45. The zero-order valence-corrected chi connectivity index (χ0v) is 15.1. The number of nitrogens with one attached hydrogen (secondary N) is 2. The smallest absolute Gasteiger partial charge is 0.191 e. The molecule has 0 unspecified atom stereocenters. The maximum absolute atomic E-state index is 11.0. The second kappa shape index (κ2) is 10.00. The number of hydrogen-bond donors (Lipinski definition) is 2. The summed E-state index contributed by atoms with van der Waals surface area (Å²) in [5, 5.41) is 6.39. The molecular weight excluding hydrogens is 288 g/mol. The summed E-state index contributed by atoms with van der Waals surface area (Å²) in [6.45, 7) is 11.1. The Labute approximate surface area is 130 Å². The molecule has 0 heterocycles. The van der Waals surface area contributed by atoms with Gasteiger partial charge in [0.1, 0.15) is 9.84 Å². The van der Waals surface area contributed by atoms with Crippen molar-refractivity contribution in [1.82, 2.24) is 15.5 Å². The third-order valence-corrected chi connectivity index (χ3v) is 4.23. The van der Waals surface area contributed by atoms with Gasteiger partial charge in [0.15, 0.2) is 5.96 Å². The molecule has 0 aliphatic carbocycles. The highest BCUT2D eigenvalue weighted by molar-refractivity contribution is 7.90. The number of rotatable bonds is 9. The average molecular weight is 321 g/mol. The van der Waals surface area contributed by atoms with Crippen molar-refractivity contribution >= 4 is 15.8 Å². The van der Waals surface area contributed by atoms with Crippen molar-refractivity contribution in [2.75, 3.05) is 38.7 Å². The topological polar surface area (TPSA) is 73.8 Å². The fourth-order valence-corrected chi connectivity index (χ4v) is 2.85. The predicted molar refractivity (Wildman–Crippen MR) is 90.7 cm³/mol. The normalized spacial score (nSPS) is 13.3. The molecule has 21 heavy (non-hydrogen) atoms. The summed E-state index contributed by atoms with van der Waals surface area (Å²) < 4.78 is 22.1. The van der Waals surface area contributed by atoms with Gasteiger partial charge in [-0.3, -0.25) is 9.89 Å². The van der Waals surface area contributed by atoms with E-state index in [-0.39, 0.29) is 5.75 Å². The van der Waals surface area contributed by atoms with Crippen molar-refractivity contribution in [3.63, 3.8) is 0 Å². The van der Waals surface area contributed by atoms with Gasteiger partial charge in [0, 0.05) is 45.0 Å². The Kier molecular flexibility index (Phi) is 9.61. The van der Waals surface area contributed by atoms with Gasteiger partial charge in [-0.15, -0.1) is 0 Å². The van der Waals surface area contributed by atoms with E-state index in [1.165, 1.54) is 6.26 Å². The molecule has 0 saturated heterocycles. The highest BCUT2D eigenvalue weighted by Gasteiger charge is 2.12. The van der Waals surface area contributed by atoms with Crippen molar-refractivity contribution < 1.29 is 8.42 Å². The summed E-state index contributed by atoms with van der Waals surface area (Å²) in [7, 11) is -1.17. The molecule has 0 spiro atoms. The zero-order chi connectivity index (χ0) is 16.5. The van der Waals surface area contributed by atoms with Crippen LogP contribution in [0.25, 0.3) is 0 Å². The van der Waals surface area contributed by atoms with Crippen molar-refractivity contribution in [2.24, 2.45) is 4.99 Å². The molecule has 0 fully saturated rings. The van der Waals surface area contributed by atoms with Crippen LogP contribution in [-0.2, 0) is 9.84 Å². The van der Waals surface area contributed by atoms with Crippen molar-refractivity contribution in [1.29, 1.82) is 0 Å². The molecular formula is C14H32N4O2S. The first-order valence-electron chi connectivity index (χ1n) is 7.55. The van der Waals surface area contributed by atoms with Crippen molar-refractivity contribution in [3.8, 4) is 0 Å². The van der Waals surface area contributed by atoms with Gasteiger partial charge in [-0.1, -0.05) is 0 Å². The van der Waals surface area contributed by atoms with Gasteiger partial charge in [-0.25, -0.2) is 8.42 Å². The Morgan fingerprint density at radius 3 is 2.05 bits per heavy atom. The Morgan fingerprint density at radius 1 is 1.10 bits per heavy atom. The molecule has 7 heteroatoms. The monoisotopic (exact) mass is 320 g/mol. The van der Waals surface area contributed by atoms with Crippen LogP contribution < -0.4 is 10.6 Å². The molecule has 0 rings (SSSR count). The minimum Gasteiger partial charge on any atom is -0.356 e. The molecule has 0 bridgehead atoms. The predicted octanol–water partition coefficient (Wildman–Crippen LogP) is 0.705. The van der Waals surface area contributed by atoms with E-state index < -0.39 is 9.84 Å². The fraction of sp³-hybridized carbons (Fsp3) is 0.929. The zero-order valence-electron chi connectivity index (χ0n) is 14.3. The molecule has 2 N–H and O–H groups in total. The minimum absolute atomic E-state index is 0.200. The lowest BCUT2D eigenvalue weighted by atomic mass is 10.2. The number of hydrogen-bond acceptors (Lipinski definition) is 4. The molecule has 0 radical (unpaired) electrons. The summed E-state index contributed by atoms with van der Waals surface area (Å²) in [5.74, 6) is 0.918. The molecule has 0 atom stereocenters. The van der Waals surface area contributed by atoms with E-state index in [0.717, 1.165) is 19.0 Å². The van der Waals surface area contributed by atoms with Crippen LogP contribution in [0, 0.1) is 0 Å². The van der Waals surface area contributed by atoms with Crippen LogP contribution in [0.4, 0.5) is 0 Å². The second-order valence-corrected chi connectivity index (χ2v) is 8.09. The molecule has 0 aliphatic heterocycles. The van der Waals surface area contributed by atoms with Gasteiger partial charge in [0.05, 0.1) is 5.75 Å². The highest BCUT2D eigenvalue weighted by atomic mass is 32.2. The summed E-state index contributed by atoms with van der Waals surface area (Å²) >= 11 is 0. The standard InChI is InChI=1S/C14H32N4O2S/c1-12(2)18(13(3)4)10-9-17-14(15-5)16-8-7-11-21(6,19)20/h12-13H,7-11H2,1-6H3,(H2,15,16,17). The van der Waals surface area contributed by atoms with E-state index in [9.17, 15) is 8.42 Å². The van der Waals surface area contributed by atoms with Gasteiger partial charge < -0.3 is 10.6 Å². The lowest BCUT2D eigenvalue weighted by Gasteiger charge is -2.30. The van der Waals surface area contributed by atoms with E-state index in [1.807, 2.05) is 0 Å². The van der Waals surface area contributed by atoms with Crippen LogP contribution in [-0.4, -0.2) is 70.1 Å². The molecule has 126 valence electrons. The second-order valence-electron chi connectivity index (χ2n) is 5.83. The molecule has 0 aliphatic rings. The van der Waals surface area contributed by atoms with Crippen LogP contribution >= 0.6 is 0 Å². The largest absolute Gasteiger partial charge is 0.356 e. The Bertz CT molecular complexity index is 397. The summed E-state index contributed by atoms with van der Waals surface area (Å²) in [5.41, 5.74) is 0. The number of sulfone groups is 1. The first-order chi connectivity index (χ1) is 9.67. The SMILES string of the molecule is CN=C(NCCCS(C)(=O)=O)NCCN(C(C)C)C(C)C. The Morgan fingerprint density at radius 2 is 1.62 bits per heavy atom. The maximum Gasteiger partial charge on any atom is 0.191 e. The van der Waals surface area contributed by atoms with Crippen LogP contribution in [0.3, 0.4) is 0 Å². The van der Waals surface area contributed by atoms with E-state index in [1.54, 1.807) is 7.05 Å². The molecule has 0 aromatic rings. The van der Waals surface area contributed by atoms with E-state index >= 15 is 0 Å². The number of guanidine groups is 1. The van der Waals surface area contributed by atoms with E-state index in [2.05, 4.69) is 48.2 Å². The lowest BCUT2D eigenvalue weighted by molar-refractivity contribution is 0.178. The number of aliphatic imine (C=N–C) groups is 1. The molecule has 0 saturated carbocycles. The van der Waals surface area contributed by atoms with Gasteiger partial charge >= 0.3 is 0 Å². The first-order valence-corrected chi connectivity index (χ1v) is 9.61. The van der Waals surface area contributed by atoms with E-state index in [0.29, 0.717) is 25.0 Å². The van der Waals surface area contributed by atoms with E-state index in [4.69, 9.17) is 0 Å². The van der Waals surface area contributed by atoms with Gasteiger partial charge in [0.2, 0.25) is 0 Å². The van der Waals surface area contributed by atoms with Crippen molar-refractivity contribution in [2.45, 2.75) is 46.2 Å². The van der Waals surface area contributed by atoms with Crippen LogP contribution in [0.5, 0.6) is 0 Å². The fourth-order valence-electron chi connectivity index (χ4n) is 2.18. The first kappa shape index (κ1) is 20.2. The maximum atomic E-state index is 11.0. The quantitative estimate of drug-likeness (QED) is 0.372. The van der Waals surface area contributed by atoms with Gasteiger partial charge in [-0.2, -0.15) is 0 Å². The van der Waals surface area contributed by atoms with Crippen LogP contribution in [0.15, 0.2) is 4.99 Å². The summed E-state index contributed by atoms with van der Waals surface area (Å²) in [6, 6.07) is 1.02. The molecule has 0 amide bonds. The van der Waals surface area contributed by atoms with Crippen molar-refractivity contribution in [3.05, 3.63) is 0 Å². The highest BCUT2D eigenvalue weighted by Crippen LogP contribution is 2.03. The van der Waals surface area contributed by atoms with Gasteiger partial charge in [-0.05, 0) is 34.1 Å². The average Bonchev–Trinajstić information content (AvgIpc) is 2.34. The number of nitrogens with zero attached hydrogens (tertiary/aromatic N) is 2. The minimum atomic E-state index is -2.88. The van der Waals surface area contributed by atoms with Gasteiger partial charge in [0.25, 0.3) is 0 Å². The molecule has 0 aromatic carbocycles. The summed E-state index contributed by atoms with van der Waals surface area (Å²) in [6.07, 6.45) is 1.84. The van der Waals surface area contributed by atoms with Crippen LogP contribution in [0.1, 0.15) is 34.1 Å².